The maximum atomic E-state index is 12.3. The Morgan fingerprint density at radius 2 is 1.34 bits per heavy atom. The molecule has 0 aromatic heterocycles. The first kappa shape index (κ1) is 25.5. The monoisotopic (exact) mass is 444 g/mol. The number of ether oxygens (including phenoxy) is 1. The first-order valence-electron chi connectivity index (χ1n) is 9.65. The second-order valence-electron chi connectivity index (χ2n) is 8.33. The van der Waals surface area contributed by atoms with E-state index in [1.807, 2.05) is 6.07 Å². The Bertz CT molecular complexity index is 728. The average Bonchev–Trinajstić information content (AvgIpc) is 2.65. The van der Waals surface area contributed by atoms with Crippen LogP contribution in [0.15, 0.2) is 30.3 Å². The number of hydrogen-bond acceptors (Lipinski definition) is 5. The van der Waals surface area contributed by atoms with Gasteiger partial charge in [0.2, 0.25) is 0 Å². The van der Waals surface area contributed by atoms with Crippen LogP contribution in [0.2, 0.25) is 0 Å². The lowest BCUT2D eigenvalue weighted by molar-refractivity contribution is -0.147. The summed E-state index contributed by atoms with van der Waals surface area (Å²) in [4.78, 5) is 23.4. The van der Waals surface area contributed by atoms with Gasteiger partial charge in [-0.25, -0.2) is 0 Å². The van der Waals surface area contributed by atoms with Crippen molar-refractivity contribution in [2.24, 2.45) is 10.8 Å². The minimum Gasteiger partial charge on any atom is -0.481 e. The van der Waals surface area contributed by atoms with Gasteiger partial charge in [-0.15, -0.1) is 0 Å². The summed E-state index contributed by atoms with van der Waals surface area (Å²) < 4.78 is 29.6. The first-order valence-corrected chi connectivity index (χ1v) is 12.6. The lowest BCUT2D eigenvalue weighted by atomic mass is 9.90. The molecule has 0 aliphatic rings. The summed E-state index contributed by atoms with van der Waals surface area (Å²) >= 11 is 0. The zero-order valence-corrected chi connectivity index (χ0v) is 19.3. The zero-order chi connectivity index (χ0) is 22.1. The third kappa shape index (κ3) is 9.67. The lowest BCUT2D eigenvalue weighted by Gasteiger charge is -2.22. The molecule has 6 nitrogen and oxygen atoms in total. The highest BCUT2D eigenvalue weighted by molar-refractivity contribution is 7.85. The van der Waals surface area contributed by atoms with Gasteiger partial charge >= 0.3 is 11.9 Å². The van der Waals surface area contributed by atoms with Crippen molar-refractivity contribution < 1.29 is 27.9 Å². The highest BCUT2D eigenvalue weighted by atomic mass is 32.2. The van der Waals surface area contributed by atoms with E-state index in [4.69, 9.17) is 9.84 Å². The fourth-order valence-electron chi connectivity index (χ4n) is 2.27. The van der Waals surface area contributed by atoms with Gasteiger partial charge in [0, 0.05) is 44.6 Å². The van der Waals surface area contributed by atoms with Gasteiger partial charge in [0.15, 0.2) is 0 Å². The minimum absolute atomic E-state index is 0.324. The van der Waals surface area contributed by atoms with Crippen LogP contribution in [0, 0.1) is 10.8 Å². The molecule has 164 valence electrons. The Morgan fingerprint density at radius 1 is 0.862 bits per heavy atom. The highest BCUT2D eigenvalue weighted by Gasteiger charge is 2.30. The minimum atomic E-state index is -1.12. The molecule has 0 heterocycles. The lowest BCUT2D eigenvalue weighted by Crippen LogP contribution is -2.30. The van der Waals surface area contributed by atoms with E-state index in [1.54, 1.807) is 52.0 Å². The Balaban J connectivity index is 2.31. The van der Waals surface area contributed by atoms with E-state index >= 15 is 0 Å². The molecular formula is C21H32O6S2. The molecule has 1 aromatic carbocycles. The van der Waals surface area contributed by atoms with Crippen LogP contribution < -0.4 is 4.74 Å². The van der Waals surface area contributed by atoms with E-state index in [2.05, 4.69) is 0 Å². The standard InChI is InChI=1S/C21H32O6S2/c1-20(2,18(22)23)11-15-28(25)13-8-14-29(26)16-12-21(3,4)19(24)27-17-9-6-5-7-10-17/h5-7,9-10H,8,11-16H2,1-4H3,(H,22,23). The number of rotatable bonds is 13. The normalized spacial score (nSPS) is 14.2. The molecule has 0 bridgehead atoms. The van der Waals surface area contributed by atoms with E-state index in [9.17, 15) is 18.0 Å². The maximum absolute atomic E-state index is 12.3. The van der Waals surface area contributed by atoms with Gasteiger partial charge in [-0.3, -0.25) is 18.0 Å². The van der Waals surface area contributed by atoms with E-state index in [0.717, 1.165) is 0 Å². The molecule has 2 unspecified atom stereocenters. The molecule has 0 radical (unpaired) electrons. The Kier molecular flexibility index (Phi) is 10.2. The van der Waals surface area contributed by atoms with Crippen LogP contribution in [0.4, 0.5) is 0 Å². The summed E-state index contributed by atoms with van der Waals surface area (Å²) in [6, 6.07) is 8.84. The molecule has 0 aliphatic carbocycles. The number of carboxylic acids is 1. The van der Waals surface area contributed by atoms with Crippen molar-refractivity contribution in [2.45, 2.75) is 47.0 Å². The van der Waals surface area contributed by atoms with Gasteiger partial charge in [0.1, 0.15) is 5.75 Å². The van der Waals surface area contributed by atoms with E-state index in [1.165, 1.54) is 0 Å². The van der Waals surface area contributed by atoms with E-state index < -0.39 is 38.4 Å². The topological polar surface area (TPSA) is 97.7 Å². The fraction of sp³-hybridized carbons (Fsp3) is 0.619. The molecule has 1 N–H and O–H groups in total. The maximum Gasteiger partial charge on any atom is 0.316 e. The van der Waals surface area contributed by atoms with Gasteiger partial charge < -0.3 is 9.84 Å². The molecule has 2 atom stereocenters. The molecule has 29 heavy (non-hydrogen) atoms. The molecule has 8 heteroatoms. The molecule has 0 spiro atoms. The Hall–Kier alpha value is -1.54. The summed E-state index contributed by atoms with van der Waals surface area (Å²) in [5, 5.41) is 9.08. The van der Waals surface area contributed by atoms with E-state index in [-0.39, 0.29) is 5.97 Å². The zero-order valence-electron chi connectivity index (χ0n) is 17.6. The molecule has 1 aromatic rings. The van der Waals surface area contributed by atoms with Crippen LogP contribution in [-0.2, 0) is 31.2 Å². The SMILES string of the molecule is CC(C)(CCS(=O)CCCS(=O)CCC(C)(C)C(=O)Oc1ccccc1)C(=O)O. The predicted molar refractivity (Wildman–Crippen MR) is 117 cm³/mol. The van der Waals surface area contributed by atoms with Crippen molar-refractivity contribution in [3.8, 4) is 5.75 Å². The molecule has 0 saturated heterocycles. The van der Waals surface area contributed by atoms with Gasteiger partial charge in [0.25, 0.3) is 0 Å². The number of carbonyl (C=O) groups excluding carboxylic acids is 1. The van der Waals surface area contributed by atoms with Gasteiger partial charge in [-0.1, -0.05) is 18.2 Å². The number of esters is 1. The number of carboxylic acid groups (broad SMARTS) is 1. The van der Waals surface area contributed by atoms with E-state index in [0.29, 0.717) is 48.0 Å². The van der Waals surface area contributed by atoms with Crippen molar-refractivity contribution in [1.82, 2.24) is 0 Å². The number of hydrogen-bond donors (Lipinski definition) is 1. The van der Waals surface area contributed by atoms with Gasteiger partial charge in [0.05, 0.1) is 10.8 Å². The molecule has 0 aliphatic heterocycles. The molecule has 0 saturated carbocycles. The van der Waals surface area contributed by atoms with Crippen molar-refractivity contribution >= 4 is 33.5 Å². The van der Waals surface area contributed by atoms with Crippen LogP contribution in [0.1, 0.15) is 47.0 Å². The summed E-state index contributed by atoms with van der Waals surface area (Å²) in [6.45, 7) is 6.78. The predicted octanol–water partition coefficient (Wildman–Crippen LogP) is 3.40. The second-order valence-corrected chi connectivity index (χ2v) is 11.7. The number of benzene rings is 1. The van der Waals surface area contributed by atoms with Crippen LogP contribution in [0.25, 0.3) is 0 Å². The van der Waals surface area contributed by atoms with Crippen molar-refractivity contribution in [1.29, 1.82) is 0 Å². The molecule has 0 amide bonds. The van der Waals surface area contributed by atoms with Crippen LogP contribution in [-0.4, -0.2) is 48.5 Å². The second kappa shape index (κ2) is 11.6. The smallest absolute Gasteiger partial charge is 0.316 e. The summed E-state index contributed by atoms with van der Waals surface area (Å²) in [5.74, 6) is 0.741. The number of carbonyl (C=O) groups is 2. The summed E-state index contributed by atoms with van der Waals surface area (Å²) in [5.41, 5.74) is -1.64. The Morgan fingerprint density at radius 3 is 1.83 bits per heavy atom. The van der Waals surface area contributed by atoms with Gasteiger partial charge in [-0.2, -0.15) is 0 Å². The van der Waals surface area contributed by atoms with Crippen molar-refractivity contribution in [3.05, 3.63) is 30.3 Å². The third-order valence-electron chi connectivity index (χ3n) is 4.74. The Labute approximate surface area is 178 Å². The first-order chi connectivity index (χ1) is 13.4. The average molecular weight is 445 g/mol. The molecule has 0 fully saturated rings. The number of aliphatic carboxylic acids is 1. The van der Waals surface area contributed by atoms with Crippen LogP contribution in [0.3, 0.4) is 0 Å². The molecular weight excluding hydrogens is 412 g/mol. The van der Waals surface area contributed by atoms with Crippen molar-refractivity contribution in [2.75, 3.05) is 23.0 Å². The highest BCUT2D eigenvalue weighted by Crippen LogP contribution is 2.24. The van der Waals surface area contributed by atoms with Crippen LogP contribution >= 0.6 is 0 Å². The van der Waals surface area contributed by atoms with Gasteiger partial charge in [-0.05, 0) is 59.1 Å². The quantitative estimate of drug-likeness (QED) is 0.370. The fourth-order valence-corrected chi connectivity index (χ4v) is 5.27. The van der Waals surface area contributed by atoms with Crippen molar-refractivity contribution in [3.63, 3.8) is 0 Å². The van der Waals surface area contributed by atoms with Crippen LogP contribution in [0.5, 0.6) is 5.75 Å². The number of para-hydroxylation sites is 1. The molecule has 1 rings (SSSR count). The summed E-state index contributed by atoms with van der Waals surface area (Å²) in [7, 11) is -2.23. The summed E-state index contributed by atoms with van der Waals surface area (Å²) in [6.07, 6.45) is 1.32. The largest absolute Gasteiger partial charge is 0.481 e. The third-order valence-corrected chi connectivity index (χ3v) is 7.55.